The van der Waals surface area contributed by atoms with Crippen molar-refractivity contribution >= 4 is 22.6 Å². The van der Waals surface area contributed by atoms with E-state index in [0.29, 0.717) is 0 Å². The predicted octanol–water partition coefficient (Wildman–Crippen LogP) is 5.88. The monoisotopic (exact) mass is 431 g/mol. The highest BCUT2D eigenvalue weighted by atomic mass is 19.4. The molecule has 3 aromatic carbocycles. The van der Waals surface area contributed by atoms with E-state index in [2.05, 4.69) is 10.3 Å². The summed E-state index contributed by atoms with van der Waals surface area (Å²) in [5.41, 5.74) is 1.13. The third-order valence-electron chi connectivity index (χ3n) is 4.64. The smallest absolute Gasteiger partial charge is 0.322 e. The molecule has 0 spiro atoms. The number of hydrogen-bond donors (Lipinski definition) is 1. The number of aryl methyl sites for hydroxylation is 1. The first-order chi connectivity index (χ1) is 14.6. The average Bonchev–Trinajstić information content (AvgIpc) is 3.09. The topological polar surface area (TPSA) is 46.9 Å². The van der Waals surface area contributed by atoms with Crippen LogP contribution in [0, 0.1) is 18.6 Å². The number of rotatable bonds is 3. The number of amides is 1. The molecule has 0 aliphatic carbocycles. The van der Waals surface area contributed by atoms with Gasteiger partial charge in [-0.25, -0.2) is 13.8 Å². The Balaban J connectivity index is 1.69. The van der Waals surface area contributed by atoms with Gasteiger partial charge in [-0.2, -0.15) is 13.2 Å². The molecule has 0 unspecified atom stereocenters. The lowest BCUT2D eigenvalue weighted by molar-refractivity contribution is -0.145. The Bertz CT molecular complexity index is 1290. The first kappa shape index (κ1) is 20.5. The Morgan fingerprint density at radius 2 is 1.71 bits per heavy atom. The van der Waals surface area contributed by atoms with E-state index in [9.17, 15) is 26.7 Å². The van der Waals surface area contributed by atoms with Crippen LogP contribution in [0.25, 0.3) is 16.7 Å². The van der Waals surface area contributed by atoms with E-state index in [4.69, 9.17) is 0 Å². The number of nitrogens with one attached hydrogen (secondary N) is 1. The molecule has 0 aliphatic heterocycles. The Morgan fingerprint density at radius 1 is 1.00 bits per heavy atom. The van der Waals surface area contributed by atoms with E-state index >= 15 is 0 Å². The second-order valence-electron chi connectivity index (χ2n) is 6.86. The van der Waals surface area contributed by atoms with Crippen LogP contribution in [0.2, 0.25) is 0 Å². The maximum absolute atomic E-state index is 13.8. The number of imidazole rings is 1. The molecule has 0 fully saturated rings. The van der Waals surface area contributed by atoms with Crippen molar-refractivity contribution in [3.05, 3.63) is 89.2 Å². The number of benzene rings is 3. The van der Waals surface area contributed by atoms with Crippen LogP contribution >= 0.6 is 0 Å². The molecular formula is C22H14F5N3O. The van der Waals surface area contributed by atoms with Gasteiger partial charge in [0.2, 0.25) is 5.82 Å². The molecule has 1 heterocycles. The van der Waals surface area contributed by atoms with Crippen molar-refractivity contribution in [2.24, 2.45) is 0 Å². The van der Waals surface area contributed by atoms with Crippen molar-refractivity contribution in [2.75, 3.05) is 5.32 Å². The van der Waals surface area contributed by atoms with Gasteiger partial charge >= 0.3 is 6.18 Å². The second-order valence-corrected chi connectivity index (χ2v) is 6.86. The van der Waals surface area contributed by atoms with Gasteiger partial charge in [0.1, 0.15) is 0 Å². The number of hydrogen-bond acceptors (Lipinski definition) is 2. The normalized spacial score (nSPS) is 11.7. The molecule has 9 heteroatoms. The maximum Gasteiger partial charge on any atom is 0.450 e. The zero-order valence-electron chi connectivity index (χ0n) is 16.0. The molecule has 4 aromatic rings. The highest BCUT2D eigenvalue weighted by Gasteiger charge is 2.38. The van der Waals surface area contributed by atoms with Crippen LogP contribution in [0.4, 0.5) is 27.6 Å². The number of nitrogens with zero attached hydrogens (tertiary/aromatic N) is 2. The Labute approximate surface area is 172 Å². The zero-order chi connectivity index (χ0) is 22.3. The minimum Gasteiger partial charge on any atom is -0.322 e. The fourth-order valence-electron chi connectivity index (χ4n) is 3.21. The van der Waals surface area contributed by atoms with Crippen LogP contribution in [-0.2, 0) is 6.18 Å². The molecule has 0 bridgehead atoms. The Hall–Kier alpha value is -3.75. The lowest BCUT2D eigenvalue weighted by atomic mass is 10.2. The molecule has 31 heavy (non-hydrogen) atoms. The number of fused-ring (bicyclic) bond motifs is 1. The summed E-state index contributed by atoms with van der Waals surface area (Å²) in [6.45, 7) is 1.75. The Morgan fingerprint density at radius 3 is 2.39 bits per heavy atom. The molecule has 0 saturated heterocycles. The van der Waals surface area contributed by atoms with Gasteiger partial charge in [0, 0.05) is 11.4 Å². The molecule has 158 valence electrons. The SMILES string of the molecule is Cc1ccc2c(c1)nc(C(F)(F)F)n2-c1ccc(NC(=O)c2cccc(F)c2F)cc1. The molecule has 0 aliphatic rings. The standard InChI is InChI=1S/C22H14F5N3O/c1-12-5-10-18-17(11-12)29-21(22(25,26)27)30(18)14-8-6-13(7-9-14)28-20(31)15-3-2-4-16(23)19(15)24/h2-11H,1H3,(H,28,31). The summed E-state index contributed by atoms with van der Waals surface area (Å²) >= 11 is 0. The van der Waals surface area contributed by atoms with Crippen LogP contribution in [0.1, 0.15) is 21.7 Å². The highest BCUT2D eigenvalue weighted by molar-refractivity contribution is 6.04. The van der Waals surface area contributed by atoms with Crippen molar-refractivity contribution in [3.8, 4) is 5.69 Å². The highest BCUT2D eigenvalue weighted by Crippen LogP contribution is 2.34. The summed E-state index contributed by atoms with van der Waals surface area (Å²) in [6.07, 6.45) is -4.69. The minimum absolute atomic E-state index is 0.175. The lowest BCUT2D eigenvalue weighted by Gasteiger charge is -2.13. The molecule has 4 nitrogen and oxygen atoms in total. The van der Waals surface area contributed by atoms with Crippen LogP contribution in [-0.4, -0.2) is 15.5 Å². The molecule has 0 radical (unpaired) electrons. The molecular weight excluding hydrogens is 417 g/mol. The third kappa shape index (κ3) is 3.86. The lowest BCUT2D eigenvalue weighted by Crippen LogP contribution is -2.15. The van der Waals surface area contributed by atoms with Crippen LogP contribution in [0.15, 0.2) is 60.7 Å². The summed E-state index contributed by atoms with van der Waals surface area (Å²) in [5.74, 6) is -4.41. The molecule has 1 aromatic heterocycles. The minimum atomic E-state index is -4.69. The largest absolute Gasteiger partial charge is 0.450 e. The fraction of sp³-hybridized carbons (Fsp3) is 0.0909. The first-order valence-electron chi connectivity index (χ1n) is 9.07. The van der Waals surface area contributed by atoms with E-state index < -0.39 is 35.1 Å². The first-order valence-corrected chi connectivity index (χ1v) is 9.07. The summed E-state index contributed by atoms with van der Waals surface area (Å²) in [6, 6.07) is 13.5. The average molecular weight is 431 g/mol. The maximum atomic E-state index is 13.8. The predicted molar refractivity (Wildman–Crippen MR) is 105 cm³/mol. The number of halogens is 5. The summed E-state index contributed by atoms with van der Waals surface area (Å²) < 4.78 is 68.8. The van der Waals surface area contributed by atoms with E-state index in [1.807, 2.05) is 0 Å². The second kappa shape index (κ2) is 7.50. The fourth-order valence-corrected chi connectivity index (χ4v) is 3.21. The number of anilines is 1. The molecule has 1 N–H and O–H groups in total. The van der Waals surface area contributed by atoms with E-state index in [-0.39, 0.29) is 22.4 Å². The summed E-state index contributed by atoms with van der Waals surface area (Å²) in [5, 5.41) is 2.40. The van der Waals surface area contributed by atoms with Crippen molar-refractivity contribution in [2.45, 2.75) is 13.1 Å². The number of carbonyl (C=O) groups excluding carboxylic acids is 1. The summed E-state index contributed by atoms with van der Waals surface area (Å²) in [7, 11) is 0. The van der Waals surface area contributed by atoms with Crippen molar-refractivity contribution in [3.63, 3.8) is 0 Å². The van der Waals surface area contributed by atoms with Crippen molar-refractivity contribution < 1.29 is 26.7 Å². The van der Waals surface area contributed by atoms with Gasteiger partial charge in [-0.15, -0.1) is 0 Å². The quantitative estimate of drug-likeness (QED) is 0.412. The number of alkyl halides is 3. The van der Waals surface area contributed by atoms with E-state index in [1.165, 1.54) is 30.3 Å². The van der Waals surface area contributed by atoms with E-state index in [0.717, 1.165) is 22.3 Å². The van der Waals surface area contributed by atoms with Gasteiger partial charge < -0.3 is 5.32 Å². The van der Waals surface area contributed by atoms with Gasteiger partial charge in [-0.05, 0) is 61.0 Å². The van der Waals surface area contributed by atoms with Crippen LogP contribution in [0.3, 0.4) is 0 Å². The van der Waals surface area contributed by atoms with Crippen molar-refractivity contribution in [1.29, 1.82) is 0 Å². The van der Waals surface area contributed by atoms with E-state index in [1.54, 1.807) is 25.1 Å². The van der Waals surface area contributed by atoms with Gasteiger partial charge in [-0.1, -0.05) is 12.1 Å². The molecule has 4 rings (SSSR count). The molecule has 1 amide bonds. The van der Waals surface area contributed by atoms with Gasteiger partial charge in [0.05, 0.1) is 16.6 Å². The van der Waals surface area contributed by atoms with Crippen molar-refractivity contribution in [1.82, 2.24) is 9.55 Å². The third-order valence-corrected chi connectivity index (χ3v) is 4.64. The molecule has 0 saturated carbocycles. The Kier molecular flexibility index (Phi) is 4.96. The van der Waals surface area contributed by atoms with Crippen LogP contribution < -0.4 is 5.32 Å². The van der Waals surface area contributed by atoms with Gasteiger partial charge in [0.15, 0.2) is 11.6 Å². The van der Waals surface area contributed by atoms with Gasteiger partial charge in [0.25, 0.3) is 5.91 Å². The number of carbonyl (C=O) groups is 1. The number of aromatic nitrogens is 2. The summed E-state index contributed by atoms with van der Waals surface area (Å²) in [4.78, 5) is 16.0. The van der Waals surface area contributed by atoms with Crippen LogP contribution in [0.5, 0.6) is 0 Å². The van der Waals surface area contributed by atoms with Gasteiger partial charge in [-0.3, -0.25) is 9.36 Å². The molecule has 0 atom stereocenters. The zero-order valence-corrected chi connectivity index (χ0v) is 16.0.